The standard InChI is InChI=1S/C20H28N2O2.CH2O2/c1-14(2)9-10-21-11-17-12-22(15(3)23)20(19(17)13-21)16-5-7-18(24-4)8-6-16;2-1-3/h5-9,17,19-20H,10-13H2,1-4H3;1H,(H,2,3)/t17-,19-,20+;/m1./s1. The topological polar surface area (TPSA) is 70.1 Å². The van der Waals surface area contributed by atoms with Crippen LogP contribution in [0.5, 0.6) is 5.75 Å². The molecule has 2 saturated heterocycles. The molecular formula is C21H30N2O4. The van der Waals surface area contributed by atoms with E-state index in [1.165, 1.54) is 11.1 Å². The van der Waals surface area contributed by atoms with Crippen molar-refractivity contribution in [2.75, 3.05) is 33.3 Å². The molecule has 148 valence electrons. The van der Waals surface area contributed by atoms with Gasteiger partial charge in [-0.05, 0) is 37.5 Å². The summed E-state index contributed by atoms with van der Waals surface area (Å²) < 4.78 is 5.27. The molecule has 3 rings (SSSR count). The number of methoxy groups -OCH3 is 1. The van der Waals surface area contributed by atoms with Crippen LogP contribution in [0.1, 0.15) is 32.4 Å². The molecule has 2 heterocycles. The van der Waals surface area contributed by atoms with Gasteiger partial charge in [-0.1, -0.05) is 23.8 Å². The lowest BCUT2D eigenvalue weighted by atomic mass is 9.89. The van der Waals surface area contributed by atoms with Crippen molar-refractivity contribution in [2.24, 2.45) is 11.8 Å². The molecule has 0 saturated carbocycles. The first-order valence-corrected chi connectivity index (χ1v) is 9.26. The van der Waals surface area contributed by atoms with E-state index in [0.29, 0.717) is 11.8 Å². The van der Waals surface area contributed by atoms with Crippen LogP contribution in [0.3, 0.4) is 0 Å². The highest BCUT2D eigenvalue weighted by Gasteiger charge is 2.48. The Bertz CT molecular complexity index is 667. The summed E-state index contributed by atoms with van der Waals surface area (Å²) in [5.41, 5.74) is 2.59. The normalized spacial score (nSPS) is 23.9. The number of carboxylic acid groups (broad SMARTS) is 1. The fraction of sp³-hybridized carbons (Fsp3) is 0.524. The summed E-state index contributed by atoms with van der Waals surface area (Å²) in [6.45, 7) is 9.79. The smallest absolute Gasteiger partial charge is 0.290 e. The largest absolute Gasteiger partial charge is 0.497 e. The third-order valence-electron chi connectivity index (χ3n) is 5.36. The molecule has 6 heteroatoms. The van der Waals surface area contributed by atoms with E-state index in [-0.39, 0.29) is 18.4 Å². The maximum Gasteiger partial charge on any atom is 0.290 e. The maximum atomic E-state index is 12.2. The predicted octanol–water partition coefficient (Wildman–Crippen LogP) is 2.81. The Labute approximate surface area is 161 Å². The number of ether oxygens (including phenoxy) is 1. The number of hydrogen-bond acceptors (Lipinski definition) is 4. The lowest BCUT2D eigenvalue weighted by Gasteiger charge is -2.29. The van der Waals surface area contributed by atoms with E-state index in [0.717, 1.165) is 31.9 Å². The van der Waals surface area contributed by atoms with Crippen molar-refractivity contribution in [1.82, 2.24) is 9.80 Å². The van der Waals surface area contributed by atoms with Crippen molar-refractivity contribution in [1.29, 1.82) is 0 Å². The van der Waals surface area contributed by atoms with Crippen LogP contribution in [0.25, 0.3) is 0 Å². The summed E-state index contributed by atoms with van der Waals surface area (Å²) in [6.07, 6.45) is 2.30. The number of allylic oxidation sites excluding steroid dienone is 1. The molecular weight excluding hydrogens is 344 g/mol. The molecule has 0 unspecified atom stereocenters. The molecule has 2 aliphatic heterocycles. The number of likely N-dealkylation sites (tertiary alicyclic amines) is 2. The third kappa shape index (κ3) is 5.10. The van der Waals surface area contributed by atoms with Gasteiger partial charge in [0.1, 0.15) is 5.75 Å². The van der Waals surface area contributed by atoms with Gasteiger partial charge in [-0.2, -0.15) is 0 Å². The maximum absolute atomic E-state index is 12.2. The van der Waals surface area contributed by atoms with Gasteiger partial charge in [0.05, 0.1) is 13.2 Å². The Morgan fingerprint density at radius 1 is 1.19 bits per heavy atom. The lowest BCUT2D eigenvalue weighted by Crippen LogP contribution is -2.34. The van der Waals surface area contributed by atoms with E-state index in [4.69, 9.17) is 14.6 Å². The summed E-state index contributed by atoms with van der Waals surface area (Å²) in [6, 6.07) is 8.41. The molecule has 0 radical (unpaired) electrons. The Morgan fingerprint density at radius 2 is 1.81 bits per heavy atom. The average molecular weight is 374 g/mol. The summed E-state index contributed by atoms with van der Waals surface area (Å²) in [7, 11) is 1.68. The number of rotatable bonds is 4. The minimum atomic E-state index is -0.250. The molecule has 0 bridgehead atoms. The Morgan fingerprint density at radius 3 is 2.33 bits per heavy atom. The van der Waals surface area contributed by atoms with Crippen LogP contribution in [0.4, 0.5) is 0 Å². The fourth-order valence-corrected chi connectivity index (χ4v) is 4.15. The minimum absolute atomic E-state index is 0.182. The average Bonchev–Trinajstić information content (AvgIpc) is 3.18. The zero-order valence-corrected chi connectivity index (χ0v) is 16.6. The summed E-state index contributed by atoms with van der Waals surface area (Å²) in [4.78, 5) is 25.1. The second kappa shape index (κ2) is 9.55. The molecule has 0 spiro atoms. The van der Waals surface area contributed by atoms with Gasteiger partial charge < -0.3 is 14.7 Å². The number of fused-ring (bicyclic) bond motifs is 1. The quantitative estimate of drug-likeness (QED) is 0.648. The van der Waals surface area contributed by atoms with Crippen molar-refractivity contribution in [3.8, 4) is 5.75 Å². The van der Waals surface area contributed by atoms with Crippen LogP contribution >= 0.6 is 0 Å². The molecule has 0 aromatic heterocycles. The van der Waals surface area contributed by atoms with Crippen molar-refractivity contribution >= 4 is 12.4 Å². The van der Waals surface area contributed by atoms with Crippen LogP contribution in [0, 0.1) is 11.8 Å². The van der Waals surface area contributed by atoms with E-state index in [2.05, 4.69) is 41.9 Å². The van der Waals surface area contributed by atoms with Crippen LogP contribution in [-0.2, 0) is 9.59 Å². The van der Waals surface area contributed by atoms with Crippen LogP contribution < -0.4 is 4.74 Å². The summed E-state index contributed by atoms with van der Waals surface area (Å²) in [5.74, 6) is 2.14. The van der Waals surface area contributed by atoms with Crippen molar-refractivity contribution < 1.29 is 19.4 Å². The van der Waals surface area contributed by atoms with E-state index >= 15 is 0 Å². The number of benzene rings is 1. The Hall–Kier alpha value is -2.34. The lowest BCUT2D eigenvalue weighted by molar-refractivity contribution is -0.130. The molecule has 1 amide bonds. The van der Waals surface area contributed by atoms with Gasteiger partial charge in [-0.3, -0.25) is 14.5 Å². The van der Waals surface area contributed by atoms with Crippen LogP contribution in [0.2, 0.25) is 0 Å². The van der Waals surface area contributed by atoms with Gasteiger partial charge in [0, 0.05) is 39.0 Å². The highest BCUT2D eigenvalue weighted by atomic mass is 16.5. The predicted molar refractivity (Wildman–Crippen MR) is 105 cm³/mol. The van der Waals surface area contributed by atoms with Crippen molar-refractivity contribution in [3.63, 3.8) is 0 Å². The van der Waals surface area contributed by atoms with E-state index in [1.807, 2.05) is 12.1 Å². The number of hydrogen-bond donors (Lipinski definition) is 1. The second-order valence-corrected chi connectivity index (χ2v) is 7.42. The first-order valence-electron chi connectivity index (χ1n) is 9.26. The zero-order chi connectivity index (χ0) is 20.0. The monoisotopic (exact) mass is 374 g/mol. The van der Waals surface area contributed by atoms with Crippen LogP contribution in [0.15, 0.2) is 35.9 Å². The molecule has 1 N–H and O–H groups in total. The Kier molecular flexibility index (Phi) is 7.42. The van der Waals surface area contributed by atoms with Gasteiger partial charge in [-0.15, -0.1) is 0 Å². The van der Waals surface area contributed by atoms with Crippen molar-refractivity contribution in [2.45, 2.75) is 26.8 Å². The van der Waals surface area contributed by atoms with Gasteiger partial charge in [0.25, 0.3) is 6.47 Å². The van der Waals surface area contributed by atoms with E-state index in [9.17, 15) is 4.79 Å². The van der Waals surface area contributed by atoms with E-state index in [1.54, 1.807) is 14.0 Å². The first kappa shape index (κ1) is 21.0. The second-order valence-electron chi connectivity index (χ2n) is 7.42. The highest BCUT2D eigenvalue weighted by Crippen LogP contribution is 2.45. The zero-order valence-electron chi connectivity index (χ0n) is 16.6. The molecule has 3 atom stereocenters. The van der Waals surface area contributed by atoms with Crippen molar-refractivity contribution in [3.05, 3.63) is 41.5 Å². The number of amides is 1. The Balaban J connectivity index is 0.000000817. The van der Waals surface area contributed by atoms with Gasteiger partial charge in [0.15, 0.2) is 0 Å². The summed E-state index contributed by atoms with van der Waals surface area (Å²) in [5, 5.41) is 6.89. The third-order valence-corrected chi connectivity index (χ3v) is 5.36. The molecule has 1 aromatic rings. The van der Waals surface area contributed by atoms with Crippen LogP contribution in [-0.4, -0.2) is 60.6 Å². The molecule has 0 aliphatic carbocycles. The molecule has 27 heavy (non-hydrogen) atoms. The molecule has 6 nitrogen and oxygen atoms in total. The van der Waals surface area contributed by atoms with Gasteiger partial charge in [0.2, 0.25) is 5.91 Å². The fourth-order valence-electron chi connectivity index (χ4n) is 4.15. The van der Waals surface area contributed by atoms with Gasteiger partial charge >= 0.3 is 0 Å². The number of nitrogens with zero attached hydrogens (tertiary/aromatic N) is 2. The molecule has 2 fully saturated rings. The number of carbonyl (C=O) groups excluding carboxylic acids is 1. The summed E-state index contributed by atoms with van der Waals surface area (Å²) >= 11 is 0. The van der Waals surface area contributed by atoms with E-state index < -0.39 is 0 Å². The SMILES string of the molecule is COc1ccc([C@H]2[C@@H]3CN(CC=C(C)C)C[C@@H]3CN2C(C)=O)cc1.O=CO. The highest BCUT2D eigenvalue weighted by molar-refractivity contribution is 5.74. The molecule has 1 aromatic carbocycles. The van der Waals surface area contributed by atoms with Gasteiger partial charge in [-0.25, -0.2) is 0 Å². The minimum Gasteiger partial charge on any atom is -0.497 e. The first-order chi connectivity index (χ1) is 12.9. The molecule has 2 aliphatic rings. The number of carbonyl (C=O) groups is 2.